The van der Waals surface area contributed by atoms with Gasteiger partial charge >= 0.3 is 0 Å². The van der Waals surface area contributed by atoms with Gasteiger partial charge in [0.05, 0.1) is 22.2 Å². The van der Waals surface area contributed by atoms with Crippen LogP contribution in [0.25, 0.3) is 5.69 Å². The van der Waals surface area contributed by atoms with Crippen LogP contribution in [0.1, 0.15) is 5.56 Å². The van der Waals surface area contributed by atoms with Crippen LogP contribution >= 0.6 is 11.8 Å². The van der Waals surface area contributed by atoms with Gasteiger partial charge in [0, 0.05) is 12.7 Å². The minimum atomic E-state index is -0.180. The molecular weight excluding hydrogens is 358 g/mol. The monoisotopic (exact) mass is 377 g/mol. The van der Waals surface area contributed by atoms with Crippen LogP contribution in [0, 0.1) is 0 Å². The molecule has 0 fully saturated rings. The summed E-state index contributed by atoms with van der Waals surface area (Å²) in [7, 11) is 0. The lowest BCUT2D eigenvalue weighted by Gasteiger charge is -2.27. The third-order valence-corrected chi connectivity index (χ3v) is 5.44. The Kier molecular flexibility index (Phi) is 4.98. The van der Waals surface area contributed by atoms with E-state index < -0.39 is 0 Å². The van der Waals surface area contributed by atoms with E-state index in [1.165, 1.54) is 11.8 Å². The minimum Gasteiger partial charge on any atom is -0.350 e. The van der Waals surface area contributed by atoms with Crippen LogP contribution in [0.2, 0.25) is 0 Å². The molecule has 2 heterocycles. The first-order valence-corrected chi connectivity index (χ1v) is 9.71. The molecule has 0 bridgehead atoms. The molecule has 0 unspecified atom stereocenters. The van der Waals surface area contributed by atoms with Gasteiger partial charge < -0.3 is 14.8 Å². The summed E-state index contributed by atoms with van der Waals surface area (Å²) in [4.78, 5) is 26.9. The highest BCUT2D eigenvalue weighted by Gasteiger charge is 2.25. The van der Waals surface area contributed by atoms with E-state index in [0.29, 0.717) is 12.3 Å². The molecule has 0 spiro atoms. The second kappa shape index (κ2) is 7.72. The molecule has 1 aromatic heterocycles. The number of hydrogen-bond acceptors (Lipinski definition) is 3. The molecule has 0 atom stereocenters. The Morgan fingerprint density at radius 2 is 1.70 bits per heavy atom. The molecule has 2 amide bonds. The number of benzene rings is 2. The van der Waals surface area contributed by atoms with E-state index in [2.05, 4.69) is 9.88 Å². The van der Waals surface area contributed by atoms with E-state index in [0.717, 1.165) is 22.0 Å². The van der Waals surface area contributed by atoms with Crippen LogP contribution < -0.4 is 10.2 Å². The number of carbonyl (C=O) groups is 2. The zero-order valence-corrected chi connectivity index (χ0v) is 15.5. The molecule has 3 aromatic rings. The molecule has 0 radical (unpaired) electrons. The average molecular weight is 377 g/mol. The largest absolute Gasteiger partial charge is 0.350 e. The smallest absolute Gasteiger partial charge is 0.240 e. The van der Waals surface area contributed by atoms with Gasteiger partial charge in [0.2, 0.25) is 11.8 Å². The third-order valence-electron chi connectivity index (χ3n) is 4.42. The van der Waals surface area contributed by atoms with E-state index in [-0.39, 0.29) is 18.4 Å². The van der Waals surface area contributed by atoms with E-state index in [1.807, 2.05) is 72.9 Å². The van der Waals surface area contributed by atoms with Crippen molar-refractivity contribution in [3.8, 4) is 5.69 Å². The highest BCUT2D eigenvalue weighted by atomic mass is 32.2. The van der Waals surface area contributed by atoms with Gasteiger partial charge in [0.25, 0.3) is 0 Å². The quantitative estimate of drug-likeness (QED) is 0.759. The number of hydrogen-bond donors (Lipinski definition) is 1. The van der Waals surface area contributed by atoms with Crippen LogP contribution in [0.4, 0.5) is 5.69 Å². The maximum Gasteiger partial charge on any atom is 0.240 e. The Balaban J connectivity index is 1.57. The first-order valence-electron chi connectivity index (χ1n) is 8.73. The standard InChI is InChI=1S/C21H19N3O2S/c25-19(22-13-16-7-2-1-3-8-16)14-24-18-10-5-4-9-17(18)23-12-6-11-21(23)27-15-20(24)26/h1-12H,13-15H2,(H,22,25). The molecule has 136 valence electrons. The van der Waals surface area contributed by atoms with Gasteiger partial charge in [0.1, 0.15) is 6.54 Å². The van der Waals surface area contributed by atoms with Gasteiger partial charge in [0.15, 0.2) is 0 Å². The van der Waals surface area contributed by atoms with E-state index in [1.54, 1.807) is 4.90 Å². The molecule has 0 aliphatic carbocycles. The molecular formula is C21H19N3O2S. The number of thioether (sulfide) groups is 1. The molecule has 1 N–H and O–H groups in total. The van der Waals surface area contributed by atoms with Crippen molar-refractivity contribution in [2.24, 2.45) is 0 Å². The number of aromatic nitrogens is 1. The number of anilines is 1. The lowest BCUT2D eigenvalue weighted by molar-refractivity contribution is -0.123. The number of nitrogens with zero attached hydrogens (tertiary/aromatic N) is 2. The highest BCUT2D eigenvalue weighted by molar-refractivity contribution is 7.99. The number of nitrogens with one attached hydrogen (secondary N) is 1. The number of fused-ring (bicyclic) bond motifs is 3. The maximum absolute atomic E-state index is 12.8. The Morgan fingerprint density at radius 1 is 0.963 bits per heavy atom. The summed E-state index contributed by atoms with van der Waals surface area (Å²) in [5.74, 6) is 0.0414. The lowest BCUT2D eigenvalue weighted by Crippen LogP contribution is -2.42. The van der Waals surface area contributed by atoms with Crippen LogP contribution in [0.3, 0.4) is 0 Å². The third kappa shape index (κ3) is 3.75. The summed E-state index contributed by atoms with van der Waals surface area (Å²) in [5.41, 5.74) is 2.67. The van der Waals surface area contributed by atoms with E-state index in [9.17, 15) is 9.59 Å². The number of amides is 2. The van der Waals surface area contributed by atoms with Gasteiger partial charge in [-0.15, -0.1) is 0 Å². The summed E-state index contributed by atoms with van der Waals surface area (Å²) in [6, 6.07) is 21.4. The predicted molar refractivity (Wildman–Crippen MR) is 107 cm³/mol. The van der Waals surface area contributed by atoms with Crippen LogP contribution in [-0.2, 0) is 16.1 Å². The van der Waals surface area contributed by atoms with Gasteiger partial charge in [-0.05, 0) is 29.8 Å². The fourth-order valence-corrected chi connectivity index (χ4v) is 4.00. The Morgan fingerprint density at radius 3 is 2.52 bits per heavy atom. The van der Waals surface area contributed by atoms with Crippen molar-refractivity contribution in [1.82, 2.24) is 9.88 Å². The van der Waals surface area contributed by atoms with Crippen molar-refractivity contribution >= 4 is 29.3 Å². The molecule has 0 saturated heterocycles. The van der Waals surface area contributed by atoms with Gasteiger partial charge in [-0.3, -0.25) is 9.59 Å². The zero-order valence-electron chi connectivity index (χ0n) is 14.7. The summed E-state index contributed by atoms with van der Waals surface area (Å²) in [6.07, 6.45) is 1.98. The van der Waals surface area contributed by atoms with Crippen LogP contribution in [-0.4, -0.2) is 28.7 Å². The maximum atomic E-state index is 12.8. The van der Waals surface area contributed by atoms with Crippen molar-refractivity contribution in [3.05, 3.63) is 78.5 Å². The summed E-state index contributed by atoms with van der Waals surface area (Å²) in [5, 5.41) is 3.92. The van der Waals surface area contributed by atoms with Crippen LogP contribution in [0.5, 0.6) is 0 Å². The molecule has 0 saturated carbocycles. The van der Waals surface area contributed by atoms with Crippen molar-refractivity contribution in [2.45, 2.75) is 11.6 Å². The van der Waals surface area contributed by atoms with Crippen molar-refractivity contribution < 1.29 is 9.59 Å². The minimum absolute atomic E-state index is 0.000157. The molecule has 6 heteroatoms. The van der Waals surface area contributed by atoms with E-state index in [4.69, 9.17) is 0 Å². The second-order valence-electron chi connectivity index (χ2n) is 6.24. The predicted octanol–water partition coefficient (Wildman–Crippen LogP) is 3.23. The fraction of sp³-hybridized carbons (Fsp3) is 0.143. The second-order valence-corrected chi connectivity index (χ2v) is 7.23. The van der Waals surface area contributed by atoms with Gasteiger partial charge in [-0.2, -0.15) is 0 Å². The normalized spacial score (nSPS) is 13.3. The Labute approximate surface area is 162 Å². The topological polar surface area (TPSA) is 54.3 Å². The SMILES string of the molecule is O=C(CN1C(=O)CSc2cccn2-c2ccccc21)NCc1ccccc1. The molecule has 4 rings (SSSR count). The van der Waals surface area contributed by atoms with Crippen molar-refractivity contribution in [2.75, 3.05) is 17.2 Å². The number of rotatable bonds is 4. The first kappa shape index (κ1) is 17.4. The van der Waals surface area contributed by atoms with Crippen LogP contribution in [0.15, 0.2) is 78.0 Å². The first-order chi connectivity index (χ1) is 13.2. The molecule has 1 aliphatic heterocycles. The van der Waals surface area contributed by atoms with E-state index >= 15 is 0 Å². The lowest BCUT2D eigenvalue weighted by atomic mass is 10.2. The van der Waals surface area contributed by atoms with Gasteiger partial charge in [-0.1, -0.05) is 54.2 Å². The summed E-state index contributed by atoms with van der Waals surface area (Å²) >= 11 is 1.48. The highest BCUT2D eigenvalue weighted by Crippen LogP contribution is 2.32. The number of carbonyl (C=O) groups excluding carboxylic acids is 2. The Bertz CT molecular complexity index is 968. The Hall–Kier alpha value is -2.99. The zero-order chi connectivity index (χ0) is 18.6. The van der Waals surface area contributed by atoms with Crippen molar-refractivity contribution in [1.29, 1.82) is 0 Å². The fourth-order valence-electron chi connectivity index (χ4n) is 3.10. The average Bonchev–Trinajstić information content (AvgIpc) is 3.17. The number of para-hydroxylation sites is 2. The molecule has 1 aliphatic rings. The summed E-state index contributed by atoms with van der Waals surface area (Å²) < 4.78 is 2.06. The van der Waals surface area contributed by atoms with Gasteiger partial charge in [-0.25, -0.2) is 0 Å². The molecule has 2 aromatic carbocycles. The molecule has 27 heavy (non-hydrogen) atoms. The molecule has 5 nitrogen and oxygen atoms in total. The van der Waals surface area contributed by atoms with Crippen molar-refractivity contribution in [3.63, 3.8) is 0 Å². The summed E-state index contributed by atoms with van der Waals surface area (Å²) in [6.45, 7) is 0.444.